The van der Waals surface area contributed by atoms with E-state index < -0.39 is 8.03 Å². The molecule has 0 amide bonds. The van der Waals surface area contributed by atoms with Crippen LogP contribution in [0.1, 0.15) is 0 Å². The predicted molar refractivity (Wildman–Crippen MR) is 68.7 cm³/mol. The van der Waals surface area contributed by atoms with E-state index in [1.54, 1.807) is 31.4 Å². The molecule has 3 nitrogen and oxygen atoms in total. The van der Waals surface area contributed by atoms with Crippen LogP contribution in [0.5, 0.6) is 11.5 Å². The minimum Gasteiger partial charge on any atom is -0.496 e. The molecule has 0 bridgehead atoms. The largest absolute Gasteiger partial charge is 0.496 e. The highest BCUT2D eigenvalue weighted by atomic mass is 31.1. The zero-order valence-electron chi connectivity index (χ0n) is 9.42. The standard InChI is InChI=1S/C13H13O3P/c1-15-12-9-5-6-10-13(12)17(14)16-11-7-3-2-4-8-11/h2-10,17H,1H3. The molecule has 0 heterocycles. The summed E-state index contributed by atoms with van der Waals surface area (Å²) in [5.41, 5.74) is 0. The van der Waals surface area contributed by atoms with Gasteiger partial charge in [-0.25, -0.2) is 0 Å². The number of rotatable bonds is 4. The number of hydrogen-bond donors (Lipinski definition) is 0. The molecule has 4 heteroatoms. The molecule has 2 rings (SSSR count). The van der Waals surface area contributed by atoms with Gasteiger partial charge in [-0.1, -0.05) is 30.3 Å². The summed E-state index contributed by atoms with van der Waals surface area (Å²) in [6.45, 7) is 0. The van der Waals surface area contributed by atoms with Crippen molar-refractivity contribution in [2.75, 3.05) is 7.11 Å². The predicted octanol–water partition coefficient (Wildman–Crippen LogP) is 2.87. The average molecular weight is 248 g/mol. The lowest BCUT2D eigenvalue weighted by molar-refractivity contribution is 0.417. The Bertz CT molecular complexity index is 511. The van der Waals surface area contributed by atoms with Gasteiger partial charge in [0.05, 0.1) is 12.4 Å². The van der Waals surface area contributed by atoms with Crippen LogP contribution in [0, 0.1) is 0 Å². The molecule has 2 aromatic carbocycles. The number of methoxy groups -OCH3 is 1. The van der Waals surface area contributed by atoms with Crippen LogP contribution >= 0.6 is 8.03 Å². The highest BCUT2D eigenvalue weighted by molar-refractivity contribution is 7.49. The Morgan fingerprint density at radius 3 is 2.29 bits per heavy atom. The van der Waals surface area contributed by atoms with Crippen LogP contribution in [-0.2, 0) is 4.57 Å². The second-order valence-electron chi connectivity index (χ2n) is 3.40. The van der Waals surface area contributed by atoms with Gasteiger partial charge in [-0.05, 0) is 24.3 Å². The van der Waals surface area contributed by atoms with Crippen LogP contribution in [-0.4, -0.2) is 7.11 Å². The zero-order chi connectivity index (χ0) is 12.1. The Morgan fingerprint density at radius 1 is 0.941 bits per heavy atom. The van der Waals surface area contributed by atoms with Crippen molar-refractivity contribution in [3.05, 3.63) is 54.6 Å². The summed E-state index contributed by atoms with van der Waals surface area (Å²) in [6, 6.07) is 16.3. The van der Waals surface area contributed by atoms with Gasteiger partial charge >= 0.3 is 0 Å². The maximum atomic E-state index is 12.1. The van der Waals surface area contributed by atoms with E-state index in [1.807, 2.05) is 30.3 Å². The first-order valence-corrected chi connectivity index (χ1v) is 6.53. The van der Waals surface area contributed by atoms with Gasteiger partial charge in [0.2, 0.25) is 0 Å². The Kier molecular flexibility index (Phi) is 3.84. The zero-order valence-corrected chi connectivity index (χ0v) is 10.4. The summed E-state index contributed by atoms with van der Waals surface area (Å²) in [7, 11) is -0.784. The second-order valence-corrected chi connectivity index (χ2v) is 4.72. The molecule has 1 unspecified atom stereocenters. The third-order valence-electron chi connectivity index (χ3n) is 2.28. The Morgan fingerprint density at radius 2 is 1.59 bits per heavy atom. The summed E-state index contributed by atoms with van der Waals surface area (Å²) < 4.78 is 22.6. The third-order valence-corrected chi connectivity index (χ3v) is 3.55. The first-order chi connectivity index (χ1) is 8.31. The maximum Gasteiger partial charge on any atom is 0.269 e. The fourth-order valence-corrected chi connectivity index (χ4v) is 2.54. The number of hydrogen-bond acceptors (Lipinski definition) is 3. The van der Waals surface area contributed by atoms with E-state index in [9.17, 15) is 4.57 Å². The first-order valence-electron chi connectivity index (χ1n) is 5.21. The van der Waals surface area contributed by atoms with E-state index in [1.165, 1.54) is 0 Å². The van der Waals surface area contributed by atoms with Gasteiger partial charge in [-0.15, -0.1) is 0 Å². The smallest absolute Gasteiger partial charge is 0.269 e. The van der Waals surface area contributed by atoms with Crippen LogP contribution in [0.3, 0.4) is 0 Å². The average Bonchev–Trinajstić information content (AvgIpc) is 2.40. The van der Waals surface area contributed by atoms with Gasteiger partial charge in [0.1, 0.15) is 11.5 Å². The van der Waals surface area contributed by atoms with Crippen molar-refractivity contribution >= 4 is 13.3 Å². The fourth-order valence-electron chi connectivity index (χ4n) is 1.46. The molecule has 0 fully saturated rings. The minimum absolute atomic E-state index is 0.590. The minimum atomic E-state index is -2.34. The molecule has 0 radical (unpaired) electrons. The number of benzene rings is 2. The molecule has 0 saturated heterocycles. The SMILES string of the molecule is COc1ccccc1[PH](=O)Oc1ccccc1. The normalized spacial score (nSPS) is 11.8. The molecule has 1 atom stereocenters. The molecule has 0 saturated carbocycles. The van der Waals surface area contributed by atoms with E-state index in [0.717, 1.165) is 0 Å². The molecule has 2 aromatic rings. The van der Waals surface area contributed by atoms with Gasteiger partial charge in [0.25, 0.3) is 8.03 Å². The Balaban J connectivity index is 2.20. The van der Waals surface area contributed by atoms with Crippen molar-refractivity contribution in [3.63, 3.8) is 0 Å². The second kappa shape index (κ2) is 5.55. The molecule has 0 aliphatic rings. The molecule has 0 spiro atoms. The molecule has 17 heavy (non-hydrogen) atoms. The topological polar surface area (TPSA) is 35.5 Å². The molecule has 0 aliphatic carbocycles. The number of para-hydroxylation sites is 2. The summed E-state index contributed by atoms with van der Waals surface area (Å²) in [5, 5.41) is 0.601. The van der Waals surface area contributed by atoms with E-state index in [4.69, 9.17) is 9.26 Å². The molecule has 88 valence electrons. The monoisotopic (exact) mass is 248 g/mol. The van der Waals surface area contributed by atoms with Crippen LogP contribution in [0.15, 0.2) is 54.6 Å². The molecule has 0 aromatic heterocycles. The molecular formula is C13H13O3P. The van der Waals surface area contributed by atoms with Gasteiger partial charge in [-0.3, -0.25) is 4.57 Å². The van der Waals surface area contributed by atoms with E-state index in [0.29, 0.717) is 16.8 Å². The number of ether oxygens (including phenoxy) is 1. The van der Waals surface area contributed by atoms with Gasteiger partial charge in [-0.2, -0.15) is 0 Å². The quantitative estimate of drug-likeness (QED) is 0.780. The van der Waals surface area contributed by atoms with Crippen LogP contribution in [0.4, 0.5) is 0 Å². The van der Waals surface area contributed by atoms with Gasteiger partial charge < -0.3 is 9.26 Å². The molecule has 0 N–H and O–H groups in total. The molecular weight excluding hydrogens is 235 g/mol. The van der Waals surface area contributed by atoms with Crippen molar-refractivity contribution in [2.45, 2.75) is 0 Å². The lowest BCUT2D eigenvalue weighted by atomic mass is 10.3. The lowest BCUT2D eigenvalue weighted by Gasteiger charge is -2.09. The van der Waals surface area contributed by atoms with Crippen molar-refractivity contribution in [2.24, 2.45) is 0 Å². The first kappa shape index (κ1) is 11.7. The van der Waals surface area contributed by atoms with Crippen LogP contribution in [0.2, 0.25) is 0 Å². The lowest BCUT2D eigenvalue weighted by Crippen LogP contribution is -2.04. The van der Waals surface area contributed by atoms with E-state index in [-0.39, 0.29) is 0 Å². The van der Waals surface area contributed by atoms with Gasteiger partial charge in [0, 0.05) is 0 Å². The summed E-state index contributed by atoms with van der Waals surface area (Å²) in [6.07, 6.45) is 0. The van der Waals surface area contributed by atoms with Crippen LogP contribution < -0.4 is 14.6 Å². The van der Waals surface area contributed by atoms with Gasteiger partial charge in [0.15, 0.2) is 0 Å². The third kappa shape index (κ3) is 2.89. The Hall–Kier alpha value is -1.73. The van der Waals surface area contributed by atoms with Crippen LogP contribution in [0.25, 0.3) is 0 Å². The highest BCUT2D eigenvalue weighted by Crippen LogP contribution is 2.29. The van der Waals surface area contributed by atoms with E-state index in [2.05, 4.69) is 0 Å². The highest BCUT2D eigenvalue weighted by Gasteiger charge is 2.10. The summed E-state index contributed by atoms with van der Waals surface area (Å²) in [4.78, 5) is 0. The fraction of sp³-hybridized carbons (Fsp3) is 0.0769. The van der Waals surface area contributed by atoms with Crippen molar-refractivity contribution in [1.29, 1.82) is 0 Å². The van der Waals surface area contributed by atoms with E-state index >= 15 is 0 Å². The Labute approximate surface area is 101 Å². The van der Waals surface area contributed by atoms with Crippen molar-refractivity contribution in [1.82, 2.24) is 0 Å². The van der Waals surface area contributed by atoms with Crippen molar-refractivity contribution < 1.29 is 13.8 Å². The van der Waals surface area contributed by atoms with Crippen molar-refractivity contribution in [3.8, 4) is 11.5 Å². The maximum absolute atomic E-state index is 12.1. The molecule has 0 aliphatic heterocycles. The summed E-state index contributed by atoms with van der Waals surface area (Å²) in [5.74, 6) is 1.19. The summed E-state index contributed by atoms with van der Waals surface area (Å²) >= 11 is 0.